The minimum atomic E-state index is -4.57. The molecule has 0 radical (unpaired) electrons. The fraction of sp³-hybridized carbons (Fsp3) is 0.200. The van der Waals surface area contributed by atoms with E-state index in [1.807, 2.05) is 0 Å². The molecule has 9 nitrogen and oxygen atoms in total. The molecule has 166 valence electrons. The van der Waals surface area contributed by atoms with E-state index >= 15 is 0 Å². The van der Waals surface area contributed by atoms with E-state index in [-0.39, 0.29) is 36.0 Å². The summed E-state index contributed by atoms with van der Waals surface area (Å²) >= 11 is 0. The maximum atomic E-state index is 14.8. The second kappa shape index (κ2) is 9.29. The van der Waals surface area contributed by atoms with Crippen molar-refractivity contribution in [2.45, 2.75) is 31.7 Å². The van der Waals surface area contributed by atoms with Gasteiger partial charge in [0.1, 0.15) is 21.7 Å². The Bertz CT molecular complexity index is 1540. The summed E-state index contributed by atoms with van der Waals surface area (Å²) in [5.74, 6) is -3.34. The van der Waals surface area contributed by atoms with Gasteiger partial charge >= 0.3 is 35.2 Å². The Balaban J connectivity index is 0.00000306. The summed E-state index contributed by atoms with van der Waals surface area (Å²) in [6, 6.07) is 4.56. The smallest absolute Gasteiger partial charge is 0.542 e. The minimum Gasteiger partial charge on any atom is -0.542 e. The Morgan fingerprint density at radius 3 is 2.52 bits per heavy atom. The molecule has 4 aromatic rings. The molecule has 0 unspecified atom stereocenters. The van der Waals surface area contributed by atoms with Gasteiger partial charge in [-0.25, -0.2) is 32.0 Å². The van der Waals surface area contributed by atoms with Crippen LogP contribution in [-0.2, 0) is 21.4 Å². The predicted molar refractivity (Wildman–Crippen MR) is 112 cm³/mol. The number of H-pyrrole nitrogens is 1. The van der Waals surface area contributed by atoms with Gasteiger partial charge in [-0.1, -0.05) is 6.92 Å². The van der Waals surface area contributed by atoms with Crippen molar-refractivity contribution >= 4 is 38.0 Å². The molecule has 0 aliphatic rings. The van der Waals surface area contributed by atoms with Crippen LogP contribution in [-0.4, -0.2) is 33.8 Å². The first-order valence-electron chi connectivity index (χ1n) is 9.44. The largest absolute Gasteiger partial charge is 1.00 e. The Kier molecular flexibility index (Phi) is 7.03. The number of rotatable bonds is 5. The average Bonchev–Trinajstić information content (AvgIpc) is 3.05. The quantitative estimate of drug-likeness (QED) is 0.395. The maximum absolute atomic E-state index is 14.8. The summed E-state index contributed by atoms with van der Waals surface area (Å²) in [5, 5.41) is 0.503. The van der Waals surface area contributed by atoms with E-state index < -0.39 is 50.3 Å². The van der Waals surface area contributed by atoms with Gasteiger partial charge in [-0.2, -0.15) is 0 Å². The van der Waals surface area contributed by atoms with Crippen molar-refractivity contribution in [2.24, 2.45) is 0 Å². The number of aryl methyl sites for hydroxylation is 1. The van der Waals surface area contributed by atoms with Crippen LogP contribution in [0.1, 0.15) is 24.6 Å². The van der Waals surface area contributed by atoms with Gasteiger partial charge in [-0.3, -0.25) is 4.57 Å². The van der Waals surface area contributed by atoms with Gasteiger partial charge in [0, 0.05) is 16.6 Å². The van der Waals surface area contributed by atoms with Gasteiger partial charge < -0.3 is 14.5 Å². The van der Waals surface area contributed by atoms with Gasteiger partial charge in [0.05, 0.1) is 34.6 Å². The normalized spacial score (nSPS) is 11.5. The monoisotopic (exact) mass is 483 g/mol. The number of benzene rings is 1. The molecular weight excluding hydrogens is 467 g/mol. The standard InChI is InChI=1S/C20H17F2N5O4S.Na/c1-3-17(28)26-32(30,31)11-6-14(21)13(15(22)7-11)9-27-18-12-5-4-10(2)24-19(12)23-8-16(18)25-20(27)29;/h4-8H,3,9H2,1-2H3,(H2,25,26,28,29);/q;+1/p-1. The number of nitrogens with one attached hydrogen (secondary N) is 1. The predicted octanol–water partition coefficient (Wildman–Crippen LogP) is -0.0893. The van der Waals surface area contributed by atoms with Crippen LogP contribution < -0.4 is 35.2 Å². The van der Waals surface area contributed by atoms with Crippen molar-refractivity contribution in [1.29, 1.82) is 0 Å². The molecular formula is C20H16F2N5NaO4S. The summed E-state index contributed by atoms with van der Waals surface area (Å²) in [7, 11) is -4.57. The summed E-state index contributed by atoms with van der Waals surface area (Å²) in [5.41, 5.74) is 0.605. The third-order valence-corrected chi connectivity index (χ3v) is 6.13. The number of aromatic nitrogens is 4. The minimum absolute atomic E-state index is 0. The van der Waals surface area contributed by atoms with Crippen molar-refractivity contribution in [2.75, 3.05) is 0 Å². The van der Waals surface area contributed by atoms with E-state index in [1.54, 1.807) is 19.1 Å². The number of sulfonamides is 1. The van der Waals surface area contributed by atoms with Crippen LogP contribution in [0.3, 0.4) is 0 Å². The van der Waals surface area contributed by atoms with Crippen LogP contribution in [0.25, 0.3) is 26.8 Å². The number of hydrogen-bond acceptors (Lipinski definition) is 6. The maximum Gasteiger partial charge on any atom is 1.00 e. The fourth-order valence-electron chi connectivity index (χ4n) is 3.26. The van der Waals surface area contributed by atoms with E-state index in [4.69, 9.17) is 0 Å². The topological polar surface area (TPSA) is 129 Å². The molecule has 33 heavy (non-hydrogen) atoms. The zero-order valence-electron chi connectivity index (χ0n) is 17.9. The zero-order valence-corrected chi connectivity index (χ0v) is 20.7. The Morgan fingerprint density at radius 2 is 1.88 bits per heavy atom. The van der Waals surface area contributed by atoms with Gasteiger partial charge in [0.2, 0.25) is 0 Å². The molecule has 0 spiro atoms. The molecule has 13 heteroatoms. The van der Waals surface area contributed by atoms with Gasteiger partial charge in [0.25, 0.3) is 0 Å². The number of imidazole rings is 1. The van der Waals surface area contributed by atoms with Crippen molar-refractivity contribution < 1.29 is 51.6 Å². The molecule has 0 aliphatic heterocycles. The van der Waals surface area contributed by atoms with E-state index in [1.165, 1.54) is 13.1 Å². The molecule has 0 fully saturated rings. The number of aromatic amines is 1. The first kappa shape index (κ1) is 25.0. The van der Waals surface area contributed by atoms with E-state index in [2.05, 4.69) is 19.7 Å². The third-order valence-electron chi connectivity index (χ3n) is 4.85. The first-order valence-corrected chi connectivity index (χ1v) is 10.9. The number of pyridine rings is 2. The Labute approximate surface area is 208 Å². The number of carbonyl (C=O) groups excluding carboxylic acids is 1. The molecule has 3 aromatic heterocycles. The SMILES string of the molecule is CCC(=O)[N-]S(=O)(=O)c1cc(F)c(Cn2c(=O)[nH]c3cnc4nc(C)ccc4c32)c(F)c1.[Na+]. The van der Waals surface area contributed by atoms with E-state index in [0.29, 0.717) is 39.9 Å². The molecule has 0 atom stereocenters. The number of halogens is 2. The van der Waals surface area contributed by atoms with Crippen molar-refractivity contribution in [3.8, 4) is 0 Å². The molecule has 0 saturated heterocycles. The summed E-state index contributed by atoms with van der Waals surface area (Å²) < 4.78 is 58.0. The van der Waals surface area contributed by atoms with Crippen LogP contribution in [0.15, 0.2) is 40.2 Å². The molecule has 1 N–H and O–H groups in total. The van der Waals surface area contributed by atoms with Crippen LogP contribution in [0.5, 0.6) is 0 Å². The second-order valence-electron chi connectivity index (χ2n) is 7.04. The summed E-state index contributed by atoms with van der Waals surface area (Å²) in [6.45, 7) is 2.66. The van der Waals surface area contributed by atoms with Crippen LogP contribution in [0.4, 0.5) is 8.78 Å². The molecule has 0 bridgehead atoms. The summed E-state index contributed by atoms with van der Waals surface area (Å²) in [4.78, 5) is 34.1. The van der Waals surface area contributed by atoms with Gasteiger partial charge in [0.15, 0.2) is 5.65 Å². The number of fused-ring (bicyclic) bond motifs is 3. The molecule has 3 heterocycles. The Hall–Kier alpha value is -2.67. The fourth-order valence-corrected chi connectivity index (χ4v) is 4.27. The van der Waals surface area contributed by atoms with Gasteiger partial charge in [-0.05, 0) is 37.6 Å². The van der Waals surface area contributed by atoms with Crippen LogP contribution in [0, 0.1) is 18.6 Å². The van der Waals surface area contributed by atoms with Crippen molar-refractivity contribution in [3.05, 3.63) is 68.6 Å². The number of hydrogen-bond donors (Lipinski definition) is 1. The number of carbonyl (C=O) groups is 1. The number of nitrogens with zero attached hydrogens (tertiary/aromatic N) is 4. The first-order chi connectivity index (χ1) is 15.1. The molecule has 4 rings (SSSR count). The average molecular weight is 483 g/mol. The Morgan fingerprint density at radius 1 is 1.21 bits per heavy atom. The molecule has 0 aliphatic carbocycles. The molecule has 1 aromatic carbocycles. The number of amides is 1. The van der Waals surface area contributed by atoms with Gasteiger partial charge in [-0.15, -0.1) is 0 Å². The van der Waals surface area contributed by atoms with Crippen molar-refractivity contribution in [3.63, 3.8) is 0 Å². The molecule has 0 saturated carbocycles. The molecule has 1 amide bonds. The third kappa shape index (κ3) is 4.69. The zero-order chi connectivity index (χ0) is 23.2. The second-order valence-corrected chi connectivity index (χ2v) is 8.64. The van der Waals surface area contributed by atoms with Crippen LogP contribution >= 0.6 is 0 Å². The van der Waals surface area contributed by atoms with Crippen LogP contribution in [0.2, 0.25) is 0 Å². The van der Waals surface area contributed by atoms with Crippen molar-refractivity contribution in [1.82, 2.24) is 19.5 Å². The van der Waals surface area contributed by atoms with E-state index in [9.17, 15) is 26.8 Å². The van der Waals surface area contributed by atoms with E-state index in [0.717, 1.165) is 4.57 Å². The summed E-state index contributed by atoms with van der Waals surface area (Å²) in [6.07, 6.45) is 1.22.